The van der Waals surface area contributed by atoms with Crippen LogP contribution >= 0.6 is 11.6 Å². The van der Waals surface area contributed by atoms with Crippen molar-refractivity contribution in [2.75, 3.05) is 12.4 Å². The molecular weight excluding hydrogens is 254 g/mol. The Balaban J connectivity index is 2.07. The molecule has 0 aliphatic heterocycles. The fourth-order valence-corrected chi connectivity index (χ4v) is 1.67. The molecule has 0 radical (unpaired) electrons. The van der Waals surface area contributed by atoms with Crippen molar-refractivity contribution < 1.29 is 13.9 Å². The molecule has 1 aromatic carbocycles. The van der Waals surface area contributed by atoms with Crippen LogP contribution in [-0.4, -0.2) is 13.0 Å². The SMILES string of the molecule is COCc1ccc(C(=O)Nc2cccc(Cl)c2)o1. The molecule has 0 unspecified atom stereocenters. The zero-order valence-corrected chi connectivity index (χ0v) is 10.5. The second kappa shape index (κ2) is 5.71. The highest BCUT2D eigenvalue weighted by atomic mass is 35.5. The summed E-state index contributed by atoms with van der Waals surface area (Å²) in [5.41, 5.74) is 0.622. The van der Waals surface area contributed by atoms with Crippen LogP contribution in [0.5, 0.6) is 0 Å². The van der Waals surface area contributed by atoms with Gasteiger partial charge in [-0.25, -0.2) is 0 Å². The monoisotopic (exact) mass is 265 g/mol. The average molecular weight is 266 g/mol. The van der Waals surface area contributed by atoms with E-state index in [-0.39, 0.29) is 11.7 Å². The van der Waals surface area contributed by atoms with Crippen LogP contribution in [-0.2, 0) is 11.3 Å². The van der Waals surface area contributed by atoms with Gasteiger partial charge in [0, 0.05) is 17.8 Å². The maximum absolute atomic E-state index is 11.9. The van der Waals surface area contributed by atoms with E-state index in [1.807, 2.05) is 0 Å². The Bertz CT molecular complexity index is 551. The minimum absolute atomic E-state index is 0.238. The Morgan fingerprint density at radius 3 is 2.94 bits per heavy atom. The summed E-state index contributed by atoms with van der Waals surface area (Å²) in [5.74, 6) is 0.524. The Kier molecular flexibility index (Phi) is 4.02. The van der Waals surface area contributed by atoms with Crippen molar-refractivity contribution >= 4 is 23.2 Å². The molecule has 4 nitrogen and oxygen atoms in total. The Labute approximate surface area is 110 Å². The molecule has 0 aliphatic rings. The number of hydrogen-bond acceptors (Lipinski definition) is 3. The Hall–Kier alpha value is -1.78. The third kappa shape index (κ3) is 3.12. The summed E-state index contributed by atoms with van der Waals surface area (Å²) in [7, 11) is 1.56. The predicted octanol–water partition coefficient (Wildman–Crippen LogP) is 3.33. The van der Waals surface area contributed by atoms with Gasteiger partial charge in [-0.3, -0.25) is 4.79 Å². The van der Waals surface area contributed by atoms with E-state index < -0.39 is 0 Å². The quantitative estimate of drug-likeness (QED) is 0.922. The van der Waals surface area contributed by atoms with Gasteiger partial charge in [0.15, 0.2) is 5.76 Å². The minimum atomic E-state index is -0.320. The molecule has 0 fully saturated rings. The Morgan fingerprint density at radius 1 is 1.39 bits per heavy atom. The predicted molar refractivity (Wildman–Crippen MR) is 68.8 cm³/mol. The van der Waals surface area contributed by atoms with Crippen molar-refractivity contribution in [1.82, 2.24) is 0 Å². The summed E-state index contributed by atoms with van der Waals surface area (Å²) in [6.45, 7) is 0.338. The number of carbonyl (C=O) groups excluding carboxylic acids is 1. The molecule has 0 atom stereocenters. The molecule has 1 amide bonds. The van der Waals surface area contributed by atoms with Crippen LogP contribution in [0.2, 0.25) is 5.02 Å². The lowest BCUT2D eigenvalue weighted by Crippen LogP contribution is -2.10. The summed E-state index contributed by atoms with van der Waals surface area (Å²) < 4.78 is 10.2. The van der Waals surface area contributed by atoms with E-state index in [1.54, 1.807) is 43.5 Å². The van der Waals surface area contributed by atoms with Crippen molar-refractivity contribution in [2.45, 2.75) is 6.61 Å². The van der Waals surface area contributed by atoms with Gasteiger partial charge in [-0.15, -0.1) is 0 Å². The van der Waals surface area contributed by atoms with Gasteiger partial charge in [0.25, 0.3) is 5.91 Å². The molecule has 1 aromatic heterocycles. The lowest BCUT2D eigenvalue weighted by molar-refractivity contribution is 0.0987. The van der Waals surface area contributed by atoms with Gasteiger partial charge in [0.2, 0.25) is 0 Å². The number of ether oxygens (including phenoxy) is 1. The largest absolute Gasteiger partial charge is 0.453 e. The molecule has 5 heteroatoms. The highest BCUT2D eigenvalue weighted by Crippen LogP contribution is 2.16. The second-order valence-corrected chi connectivity index (χ2v) is 4.10. The van der Waals surface area contributed by atoms with E-state index in [2.05, 4.69) is 5.32 Å². The fourth-order valence-electron chi connectivity index (χ4n) is 1.48. The molecule has 2 rings (SSSR count). The summed E-state index contributed by atoms with van der Waals surface area (Å²) in [5, 5.41) is 3.26. The summed E-state index contributed by atoms with van der Waals surface area (Å²) in [4.78, 5) is 11.9. The van der Waals surface area contributed by atoms with Crippen molar-refractivity contribution in [1.29, 1.82) is 0 Å². The molecule has 0 bridgehead atoms. The first-order chi connectivity index (χ1) is 8.69. The van der Waals surface area contributed by atoms with E-state index in [4.69, 9.17) is 20.8 Å². The minimum Gasteiger partial charge on any atom is -0.453 e. The first-order valence-corrected chi connectivity index (χ1v) is 5.71. The molecule has 0 spiro atoms. The van der Waals surface area contributed by atoms with E-state index >= 15 is 0 Å². The van der Waals surface area contributed by atoms with E-state index in [0.29, 0.717) is 23.1 Å². The maximum atomic E-state index is 11.9. The molecule has 18 heavy (non-hydrogen) atoms. The van der Waals surface area contributed by atoms with Gasteiger partial charge >= 0.3 is 0 Å². The number of anilines is 1. The number of methoxy groups -OCH3 is 1. The number of hydrogen-bond donors (Lipinski definition) is 1. The highest BCUT2D eigenvalue weighted by molar-refractivity contribution is 6.30. The smallest absolute Gasteiger partial charge is 0.291 e. The van der Waals surface area contributed by atoms with Crippen LogP contribution in [0.3, 0.4) is 0 Å². The third-order valence-electron chi connectivity index (χ3n) is 2.25. The van der Waals surface area contributed by atoms with Crippen LogP contribution in [0.15, 0.2) is 40.8 Å². The van der Waals surface area contributed by atoms with E-state index in [1.165, 1.54) is 0 Å². The van der Waals surface area contributed by atoms with E-state index in [9.17, 15) is 4.79 Å². The molecule has 1 N–H and O–H groups in total. The van der Waals surface area contributed by atoms with Crippen LogP contribution in [0.1, 0.15) is 16.3 Å². The van der Waals surface area contributed by atoms with Crippen molar-refractivity contribution in [3.05, 3.63) is 52.9 Å². The standard InChI is InChI=1S/C13H12ClNO3/c1-17-8-11-5-6-12(18-11)13(16)15-10-4-2-3-9(14)7-10/h2-7H,8H2,1H3,(H,15,16). The Morgan fingerprint density at radius 2 is 2.22 bits per heavy atom. The van der Waals surface area contributed by atoms with Crippen LogP contribution in [0.25, 0.3) is 0 Å². The summed E-state index contributed by atoms with van der Waals surface area (Å²) in [6.07, 6.45) is 0. The molecule has 0 saturated heterocycles. The van der Waals surface area contributed by atoms with Gasteiger partial charge in [-0.2, -0.15) is 0 Å². The summed E-state index contributed by atoms with van der Waals surface area (Å²) >= 11 is 5.83. The van der Waals surface area contributed by atoms with E-state index in [0.717, 1.165) is 0 Å². The number of carbonyl (C=O) groups is 1. The van der Waals surface area contributed by atoms with Gasteiger partial charge in [0.05, 0.1) is 0 Å². The number of nitrogens with one attached hydrogen (secondary N) is 1. The lowest BCUT2D eigenvalue weighted by Gasteiger charge is -2.03. The zero-order valence-electron chi connectivity index (χ0n) is 9.77. The molecular formula is C13H12ClNO3. The second-order valence-electron chi connectivity index (χ2n) is 3.66. The van der Waals surface area contributed by atoms with Gasteiger partial charge in [-0.1, -0.05) is 17.7 Å². The van der Waals surface area contributed by atoms with Crippen molar-refractivity contribution in [3.63, 3.8) is 0 Å². The van der Waals surface area contributed by atoms with Gasteiger partial charge in [-0.05, 0) is 30.3 Å². The van der Waals surface area contributed by atoms with Gasteiger partial charge < -0.3 is 14.5 Å². The van der Waals surface area contributed by atoms with Crippen LogP contribution in [0, 0.1) is 0 Å². The van der Waals surface area contributed by atoms with Crippen LogP contribution in [0.4, 0.5) is 5.69 Å². The van der Waals surface area contributed by atoms with Crippen molar-refractivity contribution in [2.24, 2.45) is 0 Å². The third-order valence-corrected chi connectivity index (χ3v) is 2.49. The fraction of sp³-hybridized carbons (Fsp3) is 0.154. The molecule has 94 valence electrons. The molecule has 1 heterocycles. The van der Waals surface area contributed by atoms with Gasteiger partial charge in [0.1, 0.15) is 12.4 Å². The first-order valence-electron chi connectivity index (χ1n) is 5.33. The summed E-state index contributed by atoms with van der Waals surface area (Å²) in [6, 6.07) is 10.2. The lowest BCUT2D eigenvalue weighted by atomic mass is 10.3. The maximum Gasteiger partial charge on any atom is 0.291 e. The molecule has 0 aliphatic carbocycles. The van der Waals surface area contributed by atoms with Crippen molar-refractivity contribution in [3.8, 4) is 0 Å². The highest BCUT2D eigenvalue weighted by Gasteiger charge is 2.11. The number of amides is 1. The molecule has 0 saturated carbocycles. The number of halogens is 1. The first kappa shape index (κ1) is 12.7. The average Bonchev–Trinajstić information content (AvgIpc) is 2.78. The molecule has 2 aromatic rings. The van der Waals surface area contributed by atoms with Crippen LogP contribution < -0.4 is 5.32 Å². The number of rotatable bonds is 4. The number of benzene rings is 1. The normalized spacial score (nSPS) is 10.3. The number of furan rings is 1. The topological polar surface area (TPSA) is 51.5 Å². The zero-order chi connectivity index (χ0) is 13.0.